The molecule has 0 bridgehead atoms. The molecule has 0 aliphatic rings. The highest BCUT2D eigenvalue weighted by molar-refractivity contribution is 8.14. The molecule has 0 aliphatic carbocycles. The van der Waals surface area contributed by atoms with Gasteiger partial charge in [0, 0.05) is 6.20 Å². The van der Waals surface area contributed by atoms with Gasteiger partial charge < -0.3 is 10.2 Å². The summed E-state index contributed by atoms with van der Waals surface area (Å²) >= 11 is 1.22. The van der Waals surface area contributed by atoms with E-state index in [1.807, 2.05) is 6.92 Å². The Labute approximate surface area is 90.9 Å². The van der Waals surface area contributed by atoms with E-state index in [0.717, 1.165) is 0 Å². The molecule has 0 spiro atoms. The lowest BCUT2D eigenvalue weighted by molar-refractivity contribution is 0.206. The summed E-state index contributed by atoms with van der Waals surface area (Å²) in [5.41, 5.74) is 0.201. The van der Waals surface area contributed by atoms with Crippen molar-refractivity contribution in [3.63, 3.8) is 0 Å². The van der Waals surface area contributed by atoms with Crippen molar-refractivity contribution in [1.29, 1.82) is 0 Å². The van der Waals surface area contributed by atoms with Gasteiger partial charge in [-0.25, -0.2) is 4.79 Å². The van der Waals surface area contributed by atoms with E-state index in [-0.39, 0.29) is 16.5 Å². The number of nitrogens with zero attached hydrogens (tertiary/aromatic N) is 2. The fraction of sp³-hybridized carbons (Fsp3) is 0.222. The van der Waals surface area contributed by atoms with Crippen LogP contribution in [0.4, 0.5) is 4.79 Å². The molecule has 0 aliphatic heterocycles. The maximum atomic E-state index is 10.5. The Bertz CT molecular complexity index is 393. The summed E-state index contributed by atoms with van der Waals surface area (Å²) in [5.74, 6) is 0.584. The fourth-order valence-electron chi connectivity index (χ4n) is 0.939. The summed E-state index contributed by atoms with van der Waals surface area (Å²) in [6, 6.07) is 3.00. The Morgan fingerprint density at radius 3 is 2.93 bits per heavy atom. The second-order valence-corrected chi connectivity index (χ2v) is 3.76. The second-order valence-electron chi connectivity index (χ2n) is 2.50. The van der Waals surface area contributed by atoms with Gasteiger partial charge in [-0.2, -0.15) is 4.99 Å². The molecule has 1 aromatic rings. The van der Waals surface area contributed by atoms with Crippen LogP contribution in [0, 0.1) is 0 Å². The van der Waals surface area contributed by atoms with Crippen LogP contribution in [0.3, 0.4) is 0 Å². The number of aliphatic imine (C=N–C) groups is 1. The van der Waals surface area contributed by atoms with Crippen molar-refractivity contribution in [3.05, 3.63) is 24.0 Å². The van der Waals surface area contributed by atoms with Gasteiger partial charge in [-0.1, -0.05) is 6.92 Å². The van der Waals surface area contributed by atoms with Gasteiger partial charge in [-0.3, -0.25) is 4.98 Å². The second kappa shape index (κ2) is 5.35. The molecule has 80 valence electrons. The van der Waals surface area contributed by atoms with E-state index < -0.39 is 6.09 Å². The highest BCUT2D eigenvalue weighted by Gasteiger charge is 2.11. The van der Waals surface area contributed by atoms with Gasteiger partial charge in [-0.05, 0) is 17.9 Å². The Balaban J connectivity index is 3.10. The number of carbonyl (C=O) groups is 1. The molecule has 0 radical (unpaired) electrons. The third kappa shape index (κ3) is 3.25. The molecular weight excluding hydrogens is 216 g/mol. The van der Waals surface area contributed by atoms with Crippen molar-refractivity contribution in [2.24, 2.45) is 4.99 Å². The Kier molecular flexibility index (Phi) is 4.11. The molecular formula is C9H10N2O3S. The van der Waals surface area contributed by atoms with Crippen molar-refractivity contribution in [3.8, 4) is 5.75 Å². The highest BCUT2D eigenvalue weighted by Crippen LogP contribution is 2.20. The first-order valence-corrected chi connectivity index (χ1v) is 5.22. The van der Waals surface area contributed by atoms with E-state index >= 15 is 0 Å². The van der Waals surface area contributed by atoms with E-state index in [4.69, 9.17) is 5.11 Å². The molecule has 0 atom stereocenters. The van der Waals surface area contributed by atoms with Crippen LogP contribution in [0.15, 0.2) is 23.3 Å². The zero-order valence-electron chi connectivity index (χ0n) is 8.04. The van der Waals surface area contributed by atoms with Crippen molar-refractivity contribution < 1.29 is 15.0 Å². The maximum absolute atomic E-state index is 10.5. The third-order valence-electron chi connectivity index (χ3n) is 1.47. The van der Waals surface area contributed by atoms with Crippen LogP contribution in [0.2, 0.25) is 0 Å². The summed E-state index contributed by atoms with van der Waals surface area (Å²) in [6.45, 7) is 1.86. The number of amides is 1. The smallest absolute Gasteiger partial charge is 0.432 e. The monoisotopic (exact) mass is 226 g/mol. The van der Waals surface area contributed by atoms with Crippen molar-refractivity contribution in [2.45, 2.75) is 6.92 Å². The summed E-state index contributed by atoms with van der Waals surface area (Å²) < 4.78 is 0. The Morgan fingerprint density at radius 2 is 2.40 bits per heavy atom. The fourth-order valence-corrected chi connectivity index (χ4v) is 1.65. The molecule has 0 saturated heterocycles. The number of carboxylic acid groups (broad SMARTS) is 1. The molecule has 0 unspecified atom stereocenters. The SMILES string of the molecule is CCSC(=NC(=O)O)c1ncccc1O. The van der Waals surface area contributed by atoms with Crippen molar-refractivity contribution in [1.82, 2.24) is 4.98 Å². The first kappa shape index (κ1) is 11.5. The van der Waals surface area contributed by atoms with Crippen molar-refractivity contribution in [2.75, 3.05) is 5.75 Å². The van der Waals surface area contributed by atoms with Gasteiger partial charge in [0.15, 0.2) is 0 Å². The van der Waals surface area contributed by atoms with Crippen LogP contribution in [0.25, 0.3) is 0 Å². The van der Waals surface area contributed by atoms with Crippen molar-refractivity contribution >= 4 is 22.9 Å². The number of hydrogen-bond acceptors (Lipinski definition) is 4. The highest BCUT2D eigenvalue weighted by atomic mass is 32.2. The topological polar surface area (TPSA) is 82.8 Å². The van der Waals surface area contributed by atoms with Gasteiger partial charge in [-0.15, -0.1) is 11.8 Å². The average molecular weight is 226 g/mol. The number of pyridine rings is 1. The van der Waals surface area contributed by atoms with E-state index in [0.29, 0.717) is 5.75 Å². The summed E-state index contributed by atoms with van der Waals surface area (Å²) in [5, 5.41) is 18.2. The van der Waals surface area contributed by atoms with Crippen LogP contribution >= 0.6 is 11.8 Å². The molecule has 0 aromatic carbocycles. The molecule has 2 N–H and O–H groups in total. The van der Waals surface area contributed by atoms with Crippen LogP contribution in [0.5, 0.6) is 5.75 Å². The Morgan fingerprint density at radius 1 is 1.67 bits per heavy atom. The maximum Gasteiger partial charge on any atom is 0.432 e. The third-order valence-corrected chi connectivity index (χ3v) is 2.31. The Hall–Kier alpha value is -1.56. The van der Waals surface area contributed by atoms with Crippen LogP contribution in [0.1, 0.15) is 12.6 Å². The molecule has 6 heteroatoms. The molecule has 1 aromatic heterocycles. The molecule has 15 heavy (non-hydrogen) atoms. The van der Waals surface area contributed by atoms with Crippen LogP contribution in [-0.4, -0.2) is 32.1 Å². The number of rotatable bonds is 2. The lowest BCUT2D eigenvalue weighted by atomic mass is 10.3. The lowest BCUT2D eigenvalue weighted by Crippen LogP contribution is -2.03. The number of hydrogen-bond donors (Lipinski definition) is 2. The molecule has 1 rings (SSSR count). The standard InChI is InChI=1S/C9H10N2O3S/c1-2-15-8(11-9(13)14)7-6(12)4-3-5-10-7/h3-5,12H,2H2,1H3,(H,13,14). The predicted molar refractivity (Wildman–Crippen MR) is 58.6 cm³/mol. The molecule has 1 heterocycles. The summed E-state index contributed by atoms with van der Waals surface area (Å²) in [7, 11) is 0. The molecule has 5 nitrogen and oxygen atoms in total. The first-order valence-electron chi connectivity index (χ1n) is 4.24. The van der Waals surface area contributed by atoms with Gasteiger partial charge in [0.2, 0.25) is 0 Å². The average Bonchev–Trinajstić information content (AvgIpc) is 2.17. The van der Waals surface area contributed by atoms with Gasteiger partial charge >= 0.3 is 6.09 Å². The predicted octanol–water partition coefficient (Wildman–Crippen LogP) is 1.96. The molecule has 1 amide bonds. The van der Waals surface area contributed by atoms with Gasteiger partial charge in [0.25, 0.3) is 0 Å². The van der Waals surface area contributed by atoms with E-state index in [1.54, 1.807) is 6.07 Å². The minimum Gasteiger partial charge on any atom is -0.506 e. The van der Waals surface area contributed by atoms with Crippen LogP contribution < -0.4 is 0 Å². The van der Waals surface area contributed by atoms with E-state index in [1.165, 1.54) is 24.0 Å². The zero-order chi connectivity index (χ0) is 11.3. The van der Waals surface area contributed by atoms with E-state index in [9.17, 15) is 9.90 Å². The van der Waals surface area contributed by atoms with Gasteiger partial charge in [0.1, 0.15) is 16.5 Å². The van der Waals surface area contributed by atoms with Crippen LogP contribution in [-0.2, 0) is 0 Å². The quantitative estimate of drug-likeness (QED) is 0.595. The normalized spacial score (nSPS) is 11.4. The summed E-state index contributed by atoms with van der Waals surface area (Å²) in [6.07, 6.45) is 0.179. The zero-order valence-corrected chi connectivity index (χ0v) is 8.86. The number of thioether (sulfide) groups is 1. The number of aromatic hydroxyl groups is 1. The largest absolute Gasteiger partial charge is 0.506 e. The van der Waals surface area contributed by atoms with E-state index in [2.05, 4.69) is 9.98 Å². The summed E-state index contributed by atoms with van der Waals surface area (Å²) in [4.78, 5) is 17.7. The minimum absolute atomic E-state index is 0.0709. The molecule has 0 saturated carbocycles. The molecule has 0 fully saturated rings. The number of aromatic nitrogens is 1. The van der Waals surface area contributed by atoms with Gasteiger partial charge in [0.05, 0.1) is 0 Å². The first-order chi connectivity index (χ1) is 7.15. The minimum atomic E-state index is -1.30. The lowest BCUT2D eigenvalue weighted by Gasteiger charge is -2.03.